The van der Waals surface area contributed by atoms with Gasteiger partial charge in [0.15, 0.2) is 0 Å². The maximum Gasteiger partial charge on any atom is 0.269 e. The number of carbonyl (C=O) groups excluding carboxylic acids is 2. The lowest BCUT2D eigenvalue weighted by atomic mass is 9.84. The van der Waals surface area contributed by atoms with Crippen LogP contribution in [0.2, 0.25) is 0 Å². The number of amides is 2. The van der Waals surface area contributed by atoms with Crippen LogP contribution in [-0.2, 0) is 11.2 Å². The molecule has 3 aromatic carbocycles. The summed E-state index contributed by atoms with van der Waals surface area (Å²) in [4.78, 5) is 28.0. The van der Waals surface area contributed by atoms with E-state index in [2.05, 4.69) is 5.43 Å². The summed E-state index contributed by atoms with van der Waals surface area (Å²) in [7, 11) is 1.80. The minimum Gasteiger partial charge on any atom is -0.311 e. The molecule has 1 aliphatic rings. The number of carbonyl (C=O) groups is 2. The fraction of sp³-hybridized carbons (Fsp3) is 0.310. The van der Waals surface area contributed by atoms with E-state index in [0.29, 0.717) is 24.1 Å². The van der Waals surface area contributed by atoms with Crippen LogP contribution in [0.5, 0.6) is 0 Å². The van der Waals surface area contributed by atoms with E-state index in [1.165, 1.54) is 6.07 Å². The third kappa shape index (κ3) is 5.37. The molecule has 4 rings (SSSR count). The number of hydrogen-bond donors (Lipinski definition) is 1. The van der Waals surface area contributed by atoms with Gasteiger partial charge in [0.05, 0.1) is 5.69 Å². The van der Waals surface area contributed by atoms with Crippen LogP contribution in [0.25, 0.3) is 0 Å². The number of hydrazine groups is 1. The fourth-order valence-corrected chi connectivity index (χ4v) is 5.06. The van der Waals surface area contributed by atoms with Crippen LogP contribution in [0.15, 0.2) is 66.7 Å². The predicted molar refractivity (Wildman–Crippen MR) is 138 cm³/mol. The van der Waals surface area contributed by atoms with Crippen molar-refractivity contribution in [1.29, 1.82) is 0 Å². The molecule has 1 heterocycles. The minimum atomic E-state index is -0.218. The second-order valence-corrected chi connectivity index (χ2v) is 9.54. The number of benzene rings is 3. The number of piperidine rings is 1. The second kappa shape index (κ2) is 10.3. The normalized spacial score (nSPS) is 17.9. The van der Waals surface area contributed by atoms with Crippen LogP contribution in [0.4, 0.5) is 15.8 Å². The van der Waals surface area contributed by atoms with Crippen molar-refractivity contribution in [3.63, 3.8) is 0 Å². The summed E-state index contributed by atoms with van der Waals surface area (Å²) >= 11 is 0. The summed E-state index contributed by atoms with van der Waals surface area (Å²) in [6.07, 6.45) is 1.32. The summed E-state index contributed by atoms with van der Waals surface area (Å²) < 4.78 is 14.3. The van der Waals surface area contributed by atoms with Gasteiger partial charge in [0.1, 0.15) is 5.82 Å². The van der Waals surface area contributed by atoms with Crippen molar-refractivity contribution in [2.75, 3.05) is 23.5 Å². The summed E-state index contributed by atoms with van der Waals surface area (Å²) in [5.74, 6) is -0.346. The average Bonchev–Trinajstić information content (AvgIpc) is 2.83. The molecule has 182 valence electrons. The molecule has 5 nitrogen and oxygen atoms in total. The lowest BCUT2D eigenvalue weighted by Crippen LogP contribution is -2.46. The van der Waals surface area contributed by atoms with Crippen molar-refractivity contribution in [2.45, 2.75) is 33.6 Å². The van der Waals surface area contributed by atoms with Gasteiger partial charge in [0, 0.05) is 30.8 Å². The molecular weight excluding hydrogens is 441 g/mol. The first kappa shape index (κ1) is 24.5. The van der Waals surface area contributed by atoms with Crippen molar-refractivity contribution in [2.24, 2.45) is 11.8 Å². The highest BCUT2D eigenvalue weighted by Crippen LogP contribution is 2.34. The first-order chi connectivity index (χ1) is 16.7. The SMILES string of the molecule is Cc1cc(C(=O)NN(C)c2ccccc2)cc(C)c1N1C[C@@H](Cc2ccccc2F)C[C@@H](C)C1=O. The molecule has 1 N–H and O–H groups in total. The van der Waals surface area contributed by atoms with Crippen LogP contribution >= 0.6 is 0 Å². The Kier molecular flexibility index (Phi) is 7.20. The van der Waals surface area contributed by atoms with Crippen molar-refractivity contribution in [3.05, 3.63) is 94.8 Å². The Morgan fingerprint density at radius 2 is 1.69 bits per heavy atom. The van der Waals surface area contributed by atoms with E-state index in [0.717, 1.165) is 28.9 Å². The highest BCUT2D eigenvalue weighted by Gasteiger charge is 2.34. The Balaban J connectivity index is 1.55. The molecule has 2 amide bonds. The van der Waals surface area contributed by atoms with Crippen LogP contribution in [-0.4, -0.2) is 25.4 Å². The van der Waals surface area contributed by atoms with E-state index < -0.39 is 0 Å². The highest BCUT2D eigenvalue weighted by atomic mass is 19.1. The zero-order valence-corrected chi connectivity index (χ0v) is 20.7. The molecule has 35 heavy (non-hydrogen) atoms. The molecule has 6 heteroatoms. The molecule has 0 unspecified atom stereocenters. The number of anilines is 2. The number of nitrogens with one attached hydrogen (secondary N) is 1. The largest absolute Gasteiger partial charge is 0.311 e. The molecule has 0 aromatic heterocycles. The number of para-hydroxylation sites is 1. The van der Waals surface area contributed by atoms with E-state index in [4.69, 9.17) is 0 Å². The van der Waals surface area contributed by atoms with Crippen molar-refractivity contribution >= 4 is 23.2 Å². The molecule has 0 aliphatic carbocycles. The first-order valence-electron chi connectivity index (χ1n) is 12.0. The van der Waals surface area contributed by atoms with Gasteiger partial charge in [-0.05, 0) is 79.6 Å². The number of nitrogens with zero attached hydrogens (tertiary/aromatic N) is 2. The van der Waals surface area contributed by atoms with Crippen LogP contribution in [0.1, 0.15) is 40.4 Å². The van der Waals surface area contributed by atoms with Crippen LogP contribution < -0.4 is 15.3 Å². The molecule has 0 bridgehead atoms. The van der Waals surface area contributed by atoms with E-state index in [1.807, 2.05) is 80.3 Å². The molecule has 0 radical (unpaired) electrons. The summed E-state index contributed by atoms with van der Waals surface area (Å²) in [5.41, 5.74) is 7.56. The number of aryl methyl sites for hydroxylation is 2. The van der Waals surface area contributed by atoms with Gasteiger partial charge in [0.2, 0.25) is 5.91 Å². The summed E-state index contributed by atoms with van der Waals surface area (Å²) in [6.45, 7) is 6.33. The van der Waals surface area contributed by atoms with E-state index in [9.17, 15) is 14.0 Å². The highest BCUT2D eigenvalue weighted by molar-refractivity contribution is 6.00. The standard InChI is InChI=1S/C29H32FN3O2/c1-19-15-24(28(34)31-32(4)25-11-6-5-7-12-25)16-20(2)27(19)33-18-22(14-21(3)29(33)35)17-23-10-8-9-13-26(23)30/h5-13,15-16,21-22H,14,17-18H2,1-4H3,(H,31,34)/t21-,22-/m1/s1. The number of rotatable bonds is 6. The van der Waals surface area contributed by atoms with Gasteiger partial charge >= 0.3 is 0 Å². The number of halogens is 1. The quantitative estimate of drug-likeness (QED) is 0.484. The van der Waals surface area contributed by atoms with Crippen LogP contribution in [0, 0.1) is 31.5 Å². The van der Waals surface area contributed by atoms with Gasteiger partial charge in [-0.3, -0.25) is 20.0 Å². The van der Waals surface area contributed by atoms with Crippen molar-refractivity contribution in [1.82, 2.24) is 5.43 Å². The van der Waals surface area contributed by atoms with Crippen molar-refractivity contribution < 1.29 is 14.0 Å². The van der Waals surface area contributed by atoms with Gasteiger partial charge in [-0.15, -0.1) is 0 Å². The Bertz CT molecular complexity index is 1200. The summed E-state index contributed by atoms with van der Waals surface area (Å²) in [6, 6.07) is 20.1. The third-order valence-electron chi connectivity index (χ3n) is 6.72. The molecule has 3 aromatic rings. The lowest BCUT2D eigenvalue weighted by molar-refractivity contribution is -0.124. The lowest BCUT2D eigenvalue weighted by Gasteiger charge is -2.38. The smallest absolute Gasteiger partial charge is 0.269 e. The molecular formula is C29H32FN3O2. The third-order valence-corrected chi connectivity index (χ3v) is 6.72. The molecule has 2 atom stereocenters. The zero-order valence-electron chi connectivity index (χ0n) is 20.7. The Hall–Kier alpha value is -3.67. The van der Waals surface area contributed by atoms with Crippen LogP contribution in [0.3, 0.4) is 0 Å². The minimum absolute atomic E-state index is 0.0713. The van der Waals surface area contributed by atoms with Gasteiger partial charge in [-0.2, -0.15) is 0 Å². The summed E-state index contributed by atoms with van der Waals surface area (Å²) in [5, 5.41) is 1.68. The Morgan fingerprint density at radius 1 is 1.06 bits per heavy atom. The van der Waals surface area contributed by atoms with Gasteiger partial charge in [0.25, 0.3) is 5.91 Å². The molecule has 1 aliphatic heterocycles. The molecule has 0 saturated carbocycles. The molecule has 1 fully saturated rings. The maximum absolute atomic E-state index is 14.3. The Labute approximate surface area is 206 Å². The molecule has 0 spiro atoms. The topological polar surface area (TPSA) is 52.7 Å². The van der Waals surface area contributed by atoms with E-state index >= 15 is 0 Å². The van der Waals surface area contributed by atoms with Gasteiger partial charge in [-0.1, -0.05) is 43.3 Å². The average molecular weight is 474 g/mol. The zero-order chi connectivity index (χ0) is 25.1. The monoisotopic (exact) mass is 473 g/mol. The fourth-order valence-electron chi connectivity index (χ4n) is 5.06. The van der Waals surface area contributed by atoms with E-state index in [-0.39, 0.29) is 29.5 Å². The predicted octanol–water partition coefficient (Wildman–Crippen LogP) is 5.46. The second-order valence-electron chi connectivity index (χ2n) is 9.54. The van der Waals surface area contributed by atoms with Gasteiger partial charge < -0.3 is 4.90 Å². The maximum atomic E-state index is 14.3. The van der Waals surface area contributed by atoms with Crippen molar-refractivity contribution in [3.8, 4) is 0 Å². The first-order valence-corrected chi connectivity index (χ1v) is 12.0. The van der Waals surface area contributed by atoms with E-state index in [1.54, 1.807) is 18.1 Å². The van der Waals surface area contributed by atoms with Gasteiger partial charge in [-0.25, -0.2) is 4.39 Å². The number of hydrogen-bond acceptors (Lipinski definition) is 3. The molecule has 1 saturated heterocycles. The Morgan fingerprint density at radius 3 is 2.34 bits per heavy atom.